The molecular formula is C16H18F2N2O3. The molecule has 1 saturated carbocycles. The maximum absolute atomic E-state index is 13.7. The van der Waals surface area contributed by atoms with Gasteiger partial charge in [-0.05, 0) is 37.8 Å². The minimum atomic E-state index is -1.26. The SMILES string of the molecule is O=C(NC1CCN(C(=O)C2CC2)CC1)c1c(F)ccc(O)c1F. The first-order chi connectivity index (χ1) is 11.0. The van der Waals surface area contributed by atoms with Gasteiger partial charge in [0.15, 0.2) is 11.6 Å². The summed E-state index contributed by atoms with van der Waals surface area (Å²) in [7, 11) is 0. The smallest absolute Gasteiger partial charge is 0.257 e. The minimum absolute atomic E-state index is 0.164. The van der Waals surface area contributed by atoms with Gasteiger partial charge < -0.3 is 15.3 Å². The molecule has 7 heteroatoms. The van der Waals surface area contributed by atoms with Crippen molar-refractivity contribution >= 4 is 11.8 Å². The van der Waals surface area contributed by atoms with Gasteiger partial charge in [-0.1, -0.05) is 0 Å². The van der Waals surface area contributed by atoms with Gasteiger partial charge in [-0.2, -0.15) is 0 Å². The maximum Gasteiger partial charge on any atom is 0.257 e. The second-order valence-electron chi connectivity index (χ2n) is 6.10. The molecule has 0 bridgehead atoms. The number of nitrogens with zero attached hydrogens (tertiary/aromatic N) is 1. The number of hydrogen-bond donors (Lipinski definition) is 2. The molecule has 0 unspecified atom stereocenters. The van der Waals surface area contributed by atoms with Crippen LogP contribution in [-0.4, -0.2) is 41.0 Å². The van der Waals surface area contributed by atoms with Crippen molar-refractivity contribution < 1.29 is 23.5 Å². The molecule has 1 aliphatic heterocycles. The van der Waals surface area contributed by atoms with Gasteiger partial charge in [-0.15, -0.1) is 0 Å². The van der Waals surface area contributed by atoms with E-state index in [1.54, 1.807) is 4.90 Å². The number of halogens is 2. The lowest BCUT2D eigenvalue weighted by Crippen LogP contribution is -2.47. The lowest BCUT2D eigenvalue weighted by molar-refractivity contribution is -0.133. The van der Waals surface area contributed by atoms with E-state index in [1.165, 1.54) is 0 Å². The van der Waals surface area contributed by atoms with Crippen LogP contribution < -0.4 is 5.32 Å². The van der Waals surface area contributed by atoms with Crippen molar-refractivity contribution in [1.29, 1.82) is 0 Å². The number of hydrogen-bond acceptors (Lipinski definition) is 3. The highest BCUT2D eigenvalue weighted by molar-refractivity contribution is 5.95. The summed E-state index contributed by atoms with van der Waals surface area (Å²) >= 11 is 0. The van der Waals surface area contributed by atoms with E-state index in [4.69, 9.17) is 0 Å². The van der Waals surface area contributed by atoms with E-state index < -0.39 is 28.9 Å². The number of carbonyl (C=O) groups excluding carboxylic acids is 2. The van der Waals surface area contributed by atoms with Crippen molar-refractivity contribution in [2.24, 2.45) is 5.92 Å². The predicted molar refractivity (Wildman–Crippen MR) is 77.8 cm³/mol. The lowest BCUT2D eigenvalue weighted by Gasteiger charge is -2.32. The molecule has 3 rings (SSSR count). The zero-order chi connectivity index (χ0) is 16.6. The number of nitrogens with one attached hydrogen (secondary N) is 1. The second kappa shape index (κ2) is 6.14. The Morgan fingerprint density at radius 1 is 1.13 bits per heavy atom. The molecule has 2 fully saturated rings. The third-order valence-corrected chi connectivity index (χ3v) is 4.37. The molecule has 2 N–H and O–H groups in total. The average molecular weight is 324 g/mol. The van der Waals surface area contributed by atoms with E-state index in [0.29, 0.717) is 25.9 Å². The highest BCUT2D eigenvalue weighted by atomic mass is 19.1. The number of piperidine rings is 1. The van der Waals surface area contributed by atoms with Gasteiger partial charge in [-0.3, -0.25) is 9.59 Å². The molecule has 1 aromatic rings. The molecule has 1 aliphatic carbocycles. The minimum Gasteiger partial charge on any atom is -0.505 e. The Morgan fingerprint density at radius 2 is 1.78 bits per heavy atom. The van der Waals surface area contributed by atoms with Crippen LogP contribution in [0.1, 0.15) is 36.0 Å². The summed E-state index contributed by atoms with van der Waals surface area (Å²) in [5.41, 5.74) is -0.776. The number of amides is 2. The quantitative estimate of drug-likeness (QED) is 0.891. The normalized spacial score (nSPS) is 18.8. The molecule has 1 aromatic carbocycles. The number of phenols is 1. The number of benzene rings is 1. The molecule has 1 saturated heterocycles. The first-order valence-electron chi connectivity index (χ1n) is 7.74. The molecule has 0 aromatic heterocycles. The van der Waals surface area contributed by atoms with E-state index in [1.807, 2.05) is 0 Å². The van der Waals surface area contributed by atoms with Crippen molar-refractivity contribution in [3.8, 4) is 5.75 Å². The van der Waals surface area contributed by atoms with Crippen LogP contribution in [-0.2, 0) is 4.79 Å². The Morgan fingerprint density at radius 3 is 2.39 bits per heavy atom. The Kier molecular flexibility index (Phi) is 4.19. The molecule has 0 radical (unpaired) electrons. The van der Waals surface area contributed by atoms with Crippen molar-refractivity contribution in [3.63, 3.8) is 0 Å². The summed E-state index contributed by atoms with van der Waals surface area (Å²) < 4.78 is 27.4. The summed E-state index contributed by atoms with van der Waals surface area (Å²) in [6.07, 6.45) is 3.00. The van der Waals surface area contributed by atoms with Crippen molar-refractivity contribution in [2.45, 2.75) is 31.7 Å². The highest BCUT2D eigenvalue weighted by Crippen LogP contribution is 2.32. The van der Waals surface area contributed by atoms with Crippen LogP contribution in [0, 0.1) is 17.6 Å². The Labute approximate surface area is 132 Å². The van der Waals surface area contributed by atoms with E-state index in [9.17, 15) is 23.5 Å². The summed E-state index contributed by atoms with van der Waals surface area (Å²) in [6, 6.07) is 1.47. The Hall–Kier alpha value is -2.18. The topological polar surface area (TPSA) is 69.6 Å². The fraction of sp³-hybridized carbons (Fsp3) is 0.500. The monoisotopic (exact) mass is 324 g/mol. The van der Waals surface area contributed by atoms with Gasteiger partial charge in [0, 0.05) is 25.0 Å². The van der Waals surface area contributed by atoms with Crippen LogP contribution in [0.15, 0.2) is 12.1 Å². The maximum atomic E-state index is 13.7. The first-order valence-corrected chi connectivity index (χ1v) is 7.74. The summed E-state index contributed by atoms with van der Waals surface area (Å²) in [5, 5.41) is 11.8. The van der Waals surface area contributed by atoms with Gasteiger partial charge in [0.2, 0.25) is 5.91 Å². The van der Waals surface area contributed by atoms with Crippen LogP contribution in [0.25, 0.3) is 0 Å². The van der Waals surface area contributed by atoms with E-state index in [2.05, 4.69) is 5.32 Å². The highest BCUT2D eigenvalue weighted by Gasteiger charge is 2.35. The van der Waals surface area contributed by atoms with Gasteiger partial charge in [-0.25, -0.2) is 8.78 Å². The summed E-state index contributed by atoms with van der Waals surface area (Å²) in [5.74, 6) is -3.59. The van der Waals surface area contributed by atoms with Crippen LogP contribution in [0.5, 0.6) is 5.75 Å². The fourth-order valence-electron chi connectivity index (χ4n) is 2.84. The van der Waals surface area contributed by atoms with E-state index >= 15 is 0 Å². The number of rotatable bonds is 3. The number of aromatic hydroxyl groups is 1. The van der Waals surface area contributed by atoms with Crippen LogP contribution in [0.3, 0.4) is 0 Å². The summed E-state index contributed by atoms with van der Waals surface area (Å²) in [4.78, 5) is 25.8. The molecule has 2 amide bonds. The van der Waals surface area contributed by atoms with Crippen LogP contribution >= 0.6 is 0 Å². The van der Waals surface area contributed by atoms with Gasteiger partial charge in [0.1, 0.15) is 11.4 Å². The van der Waals surface area contributed by atoms with E-state index in [0.717, 1.165) is 25.0 Å². The molecule has 0 atom stereocenters. The second-order valence-corrected chi connectivity index (χ2v) is 6.10. The molecule has 5 nitrogen and oxygen atoms in total. The van der Waals surface area contributed by atoms with Crippen LogP contribution in [0.4, 0.5) is 8.78 Å². The van der Waals surface area contributed by atoms with Crippen molar-refractivity contribution in [3.05, 3.63) is 29.3 Å². The third kappa shape index (κ3) is 3.28. The van der Waals surface area contributed by atoms with Gasteiger partial charge in [0.05, 0.1) is 0 Å². The molecule has 2 aliphatic rings. The lowest BCUT2D eigenvalue weighted by atomic mass is 10.0. The Balaban J connectivity index is 1.59. The van der Waals surface area contributed by atoms with Gasteiger partial charge >= 0.3 is 0 Å². The molecule has 0 spiro atoms. The Bertz CT molecular complexity index is 638. The van der Waals surface area contributed by atoms with Crippen molar-refractivity contribution in [1.82, 2.24) is 10.2 Å². The number of phenolic OH excluding ortho intramolecular Hbond substituents is 1. The fourth-order valence-corrected chi connectivity index (χ4v) is 2.84. The zero-order valence-corrected chi connectivity index (χ0v) is 12.5. The zero-order valence-electron chi connectivity index (χ0n) is 12.5. The molecule has 23 heavy (non-hydrogen) atoms. The number of carbonyl (C=O) groups is 2. The standard InChI is InChI=1S/C16H18F2N2O3/c17-11-3-4-12(21)14(18)13(11)15(22)19-10-5-7-20(8-6-10)16(23)9-1-2-9/h3-4,9-10,21H,1-2,5-8H2,(H,19,22). The van der Waals surface area contributed by atoms with E-state index in [-0.39, 0.29) is 17.9 Å². The van der Waals surface area contributed by atoms with Gasteiger partial charge in [0.25, 0.3) is 5.91 Å². The first kappa shape index (κ1) is 15.7. The predicted octanol–water partition coefficient (Wildman–Crippen LogP) is 1.80. The molecular weight excluding hydrogens is 306 g/mol. The summed E-state index contributed by atoms with van der Waals surface area (Å²) in [6.45, 7) is 1.07. The largest absolute Gasteiger partial charge is 0.505 e. The number of likely N-dealkylation sites (tertiary alicyclic amines) is 1. The molecule has 1 heterocycles. The third-order valence-electron chi connectivity index (χ3n) is 4.37. The van der Waals surface area contributed by atoms with Crippen molar-refractivity contribution in [2.75, 3.05) is 13.1 Å². The average Bonchev–Trinajstić information content (AvgIpc) is 3.36. The van der Waals surface area contributed by atoms with Crippen LogP contribution in [0.2, 0.25) is 0 Å². The molecule has 124 valence electrons.